The van der Waals surface area contributed by atoms with Crippen LogP contribution in [0.4, 0.5) is 0 Å². The highest BCUT2D eigenvalue weighted by molar-refractivity contribution is 5.77. The molecule has 2 atom stereocenters. The molecule has 0 radical (unpaired) electrons. The van der Waals surface area contributed by atoms with Crippen molar-refractivity contribution in [2.45, 2.75) is 25.0 Å². The molecular formula is C22H27NO4. The molecule has 1 heterocycles. The maximum atomic E-state index is 13.0. The number of hydrogen-bond acceptors (Lipinski definition) is 4. The van der Waals surface area contributed by atoms with Crippen molar-refractivity contribution in [2.75, 3.05) is 34.0 Å². The maximum Gasteiger partial charge on any atom is 0.223 e. The molecule has 1 aliphatic heterocycles. The van der Waals surface area contributed by atoms with Gasteiger partial charge < -0.3 is 19.1 Å². The number of amides is 1. The summed E-state index contributed by atoms with van der Waals surface area (Å²) in [6.07, 6.45) is 1.02. The molecule has 5 heteroatoms. The lowest BCUT2D eigenvalue weighted by molar-refractivity contribution is -0.151. The van der Waals surface area contributed by atoms with Gasteiger partial charge in [-0.2, -0.15) is 0 Å². The third-order valence-corrected chi connectivity index (χ3v) is 4.93. The first-order valence-corrected chi connectivity index (χ1v) is 9.31. The predicted molar refractivity (Wildman–Crippen MR) is 104 cm³/mol. The minimum Gasteiger partial charge on any atom is -0.497 e. The molecule has 2 unspecified atom stereocenters. The molecule has 144 valence electrons. The standard InChI is InChI=1S/C22H27NO4/c1-25-16-20-22(18-6-4-3-5-7-18)23(14-15-27-20)21(24)13-10-17-8-11-19(26-2)12-9-17/h3-9,11-12,20,22H,10,13-16H2,1-2H3. The molecule has 1 amide bonds. The molecule has 1 fully saturated rings. The lowest BCUT2D eigenvalue weighted by Crippen LogP contribution is -2.49. The number of morpholine rings is 1. The largest absolute Gasteiger partial charge is 0.497 e. The van der Waals surface area contributed by atoms with E-state index in [0.717, 1.165) is 16.9 Å². The van der Waals surface area contributed by atoms with Crippen molar-refractivity contribution in [1.82, 2.24) is 4.90 Å². The summed E-state index contributed by atoms with van der Waals surface area (Å²) in [6, 6.07) is 17.8. The molecule has 2 aromatic rings. The van der Waals surface area contributed by atoms with Gasteiger partial charge in [0.05, 0.1) is 26.4 Å². The third kappa shape index (κ3) is 4.87. The number of benzene rings is 2. The van der Waals surface area contributed by atoms with Crippen molar-refractivity contribution in [3.8, 4) is 5.75 Å². The molecule has 0 saturated carbocycles. The van der Waals surface area contributed by atoms with Crippen molar-refractivity contribution in [1.29, 1.82) is 0 Å². The first-order chi connectivity index (χ1) is 13.2. The summed E-state index contributed by atoms with van der Waals surface area (Å²) in [4.78, 5) is 15.0. The molecule has 1 saturated heterocycles. The number of carbonyl (C=O) groups excluding carboxylic acids is 1. The summed E-state index contributed by atoms with van der Waals surface area (Å²) < 4.78 is 16.4. The Morgan fingerprint density at radius 3 is 2.52 bits per heavy atom. The number of rotatable bonds is 7. The molecule has 0 N–H and O–H groups in total. The molecule has 0 spiro atoms. The van der Waals surface area contributed by atoms with Gasteiger partial charge >= 0.3 is 0 Å². The van der Waals surface area contributed by atoms with Gasteiger partial charge in [-0.1, -0.05) is 42.5 Å². The van der Waals surface area contributed by atoms with Gasteiger partial charge in [0.1, 0.15) is 11.9 Å². The Hall–Kier alpha value is -2.37. The molecule has 5 nitrogen and oxygen atoms in total. The Morgan fingerprint density at radius 2 is 1.85 bits per heavy atom. The van der Waals surface area contributed by atoms with E-state index in [1.165, 1.54) is 0 Å². The zero-order valence-electron chi connectivity index (χ0n) is 16.0. The van der Waals surface area contributed by atoms with Crippen LogP contribution in [0.2, 0.25) is 0 Å². The van der Waals surface area contributed by atoms with Crippen LogP contribution in [0.1, 0.15) is 23.6 Å². The van der Waals surface area contributed by atoms with E-state index < -0.39 is 0 Å². The zero-order chi connectivity index (χ0) is 19.1. The second kappa shape index (κ2) is 9.53. The molecule has 0 aromatic heterocycles. The van der Waals surface area contributed by atoms with Gasteiger partial charge in [0.25, 0.3) is 0 Å². The second-order valence-electron chi connectivity index (χ2n) is 6.66. The normalized spacial score (nSPS) is 19.7. The van der Waals surface area contributed by atoms with E-state index in [1.54, 1.807) is 14.2 Å². The van der Waals surface area contributed by atoms with E-state index in [0.29, 0.717) is 32.6 Å². The Balaban J connectivity index is 1.71. The lowest BCUT2D eigenvalue weighted by Gasteiger charge is -2.41. The summed E-state index contributed by atoms with van der Waals surface area (Å²) in [5.74, 6) is 0.967. The van der Waals surface area contributed by atoms with Crippen molar-refractivity contribution < 1.29 is 19.0 Å². The average Bonchev–Trinajstić information content (AvgIpc) is 2.73. The summed E-state index contributed by atoms with van der Waals surface area (Å²) >= 11 is 0. The van der Waals surface area contributed by atoms with Gasteiger partial charge in [-0.15, -0.1) is 0 Å². The highest BCUT2D eigenvalue weighted by Gasteiger charge is 2.36. The second-order valence-corrected chi connectivity index (χ2v) is 6.66. The topological polar surface area (TPSA) is 48.0 Å². The van der Waals surface area contributed by atoms with Gasteiger partial charge in [-0.25, -0.2) is 0 Å². The summed E-state index contributed by atoms with van der Waals surface area (Å²) in [5.41, 5.74) is 2.21. The Labute approximate surface area is 160 Å². The van der Waals surface area contributed by atoms with Crippen LogP contribution in [-0.2, 0) is 20.7 Å². The van der Waals surface area contributed by atoms with Crippen LogP contribution in [-0.4, -0.2) is 50.9 Å². The first-order valence-electron chi connectivity index (χ1n) is 9.31. The number of aryl methyl sites for hydroxylation is 1. The number of hydrogen-bond donors (Lipinski definition) is 0. The molecule has 0 bridgehead atoms. The van der Waals surface area contributed by atoms with Gasteiger partial charge in [0.15, 0.2) is 0 Å². The van der Waals surface area contributed by atoms with Crippen LogP contribution in [0.5, 0.6) is 5.75 Å². The molecule has 27 heavy (non-hydrogen) atoms. The summed E-state index contributed by atoms with van der Waals surface area (Å²) in [7, 11) is 3.31. The van der Waals surface area contributed by atoms with Crippen molar-refractivity contribution in [3.05, 3.63) is 65.7 Å². The highest BCUT2D eigenvalue weighted by atomic mass is 16.5. The van der Waals surface area contributed by atoms with Crippen molar-refractivity contribution >= 4 is 5.91 Å². The van der Waals surface area contributed by atoms with Crippen molar-refractivity contribution in [2.24, 2.45) is 0 Å². The van der Waals surface area contributed by atoms with Crippen molar-refractivity contribution in [3.63, 3.8) is 0 Å². The Morgan fingerprint density at radius 1 is 1.11 bits per heavy atom. The van der Waals surface area contributed by atoms with Crippen LogP contribution < -0.4 is 4.74 Å². The molecule has 2 aromatic carbocycles. The fourth-order valence-corrected chi connectivity index (χ4v) is 3.55. The Bertz CT molecular complexity index is 715. The lowest BCUT2D eigenvalue weighted by atomic mass is 9.97. The highest BCUT2D eigenvalue weighted by Crippen LogP contribution is 2.30. The SMILES string of the molecule is COCC1OCCN(C(=O)CCc2ccc(OC)cc2)C1c1ccccc1. The smallest absolute Gasteiger partial charge is 0.223 e. The van der Waals surface area contributed by atoms with Crippen LogP contribution in [0.15, 0.2) is 54.6 Å². The molecule has 3 rings (SSSR count). The predicted octanol–water partition coefficient (Wildman–Crippen LogP) is 3.24. The number of ether oxygens (including phenoxy) is 3. The van der Waals surface area contributed by atoms with E-state index in [2.05, 4.69) is 0 Å². The van der Waals surface area contributed by atoms with E-state index in [9.17, 15) is 4.79 Å². The number of carbonyl (C=O) groups is 1. The fraction of sp³-hybridized carbons (Fsp3) is 0.409. The first kappa shape index (κ1) is 19.4. The third-order valence-electron chi connectivity index (χ3n) is 4.93. The molecular weight excluding hydrogens is 342 g/mol. The van der Waals surface area contributed by atoms with Crippen LogP contribution in [0.25, 0.3) is 0 Å². The van der Waals surface area contributed by atoms with E-state index >= 15 is 0 Å². The van der Waals surface area contributed by atoms with E-state index in [4.69, 9.17) is 14.2 Å². The van der Waals surface area contributed by atoms with Gasteiger partial charge in [-0.05, 0) is 29.7 Å². The number of nitrogens with zero attached hydrogens (tertiary/aromatic N) is 1. The average molecular weight is 369 g/mol. The molecule has 0 aliphatic carbocycles. The summed E-state index contributed by atoms with van der Waals surface area (Å²) in [6.45, 7) is 1.59. The minimum absolute atomic E-state index is 0.122. The van der Waals surface area contributed by atoms with Crippen LogP contribution >= 0.6 is 0 Å². The quantitative estimate of drug-likeness (QED) is 0.752. The summed E-state index contributed by atoms with van der Waals surface area (Å²) in [5, 5.41) is 0. The maximum absolute atomic E-state index is 13.0. The number of methoxy groups -OCH3 is 2. The van der Waals surface area contributed by atoms with Gasteiger partial charge in [-0.3, -0.25) is 4.79 Å². The van der Waals surface area contributed by atoms with E-state index in [1.807, 2.05) is 59.5 Å². The fourth-order valence-electron chi connectivity index (χ4n) is 3.55. The van der Waals surface area contributed by atoms with E-state index in [-0.39, 0.29) is 18.1 Å². The zero-order valence-corrected chi connectivity index (χ0v) is 16.0. The minimum atomic E-state index is -0.156. The van der Waals surface area contributed by atoms with Crippen LogP contribution in [0.3, 0.4) is 0 Å². The van der Waals surface area contributed by atoms with Gasteiger partial charge in [0.2, 0.25) is 5.91 Å². The Kier molecular flexibility index (Phi) is 6.85. The molecule has 1 aliphatic rings. The van der Waals surface area contributed by atoms with Gasteiger partial charge in [0, 0.05) is 20.1 Å². The van der Waals surface area contributed by atoms with Crippen LogP contribution in [0, 0.1) is 0 Å². The monoisotopic (exact) mass is 369 g/mol.